The Morgan fingerprint density at radius 2 is 2.12 bits per heavy atom. The molecule has 0 radical (unpaired) electrons. The molecule has 1 aromatic carbocycles. The lowest BCUT2D eigenvalue weighted by Gasteiger charge is -2.08. The van der Waals surface area contributed by atoms with Gasteiger partial charge in [-0.3, -0.25) is 0 Å². The lowest BCUT2D eigenvalue weighted by atomic mass is 10.2. The van der Waals surface area contributed by atoms with Crippen molar-refractivity contribution in [2.45, 2.75) is 31.2 Å². The first kappa shape index (κ1) is 14.4. The Kier molecular flexibility index (Phi) is 5.39. The maximum atomic E-state index is 11.9. The van der Waals surface area contributed by atoms with Gasteiger partial charge in [0.1, 0.15) is 0 Å². The van der Waals surface area contributed by atoms with Crippen LogP contribution in [-0.2, 0) is 16.6 Å². The van der Waals surface area contributed by atoms with E-state index >= 15 is 0 Å². The highest BCUT2D eigenvalue weighted by Gasteiger charge is 2.14. The maximum absolute atomic E-state index is 11.9. The minimum absolute atomic E-state index is 0.177. The Balaban J connectivity index is 2.88. The fraction of sp³-hybridized carbons (Fsp3) is 0.455. The largest absolute Gasteiger partial charge is 0.326 e. The summed E-state index contributed by atoms with van der Waals surface area (Å²) in [6, 6.07) is 4.58. The van der Waals surface area contributed by atoms with Gasteiger partial charge in [-0.05, 0) is 24.1 Å². The van der Waals surface area contributed by atoms with E-state index < -0.39 is 10.0 Å². The average molecular weight is 277 g/mol. The van der Waals surface area contributed by atoms with E-state index in [1.165, 1.54) is 12.1 Å². The molecule has 4 nitrogen and oxygen atoms in total. The number of hydrogen-bond donors (Lipinski definition) is 2. The molecule has 0 aliphatic rings. The van der Waals surface area contributed by atoms with Crippen molar-refractivity contribution in [3.8, 4) is 0 Å². The Hall–Kier alpha value is -0.620. The van der Waals surface area contributed by atoms with Crippen LogP contribution in [0.3, 0.4) is 0 Å². The SMILES string of the molecule is CCCCNS(=O)(=O)c1ccc(CN)c(Cl)c1. The van der Waals surface area contributed by atoms with Gasteiger partial charge in [-0.15, -0.1) is 0 Å². The van der Waals surface area contributed by atoms with Gasteiger partial charge < -0.3 is 5.73 Å². The molecule has 3 N–H and O–H groups in total. The van der Waals surface area contributed by atoms with Crippen molar-refractivity contribution < 1.29 is 8.42 Å². The number of hydrogen-bond acceptors (Lipinski definition) is 3. The zero-order chi connectivity index (χ0) is 12.9. The van der Waals surface area contributed by atoms with Crippen molar-refractivity contribution in [3.05, 3.63) is 28.8 Å². The molecule has 0 spiro atoms. The Morgan fingerprint density at radius 1 is 1.41 bits per heavy atom. The standard InChI is InChI=1S/C11H17ClN2O2S/c1-2-3-6-14-17(15,16)10-5-4-9(8-13)11(12)7-10/h4-5,7,14H,2-3,6,8,13H2,1H3. The molecular formula is C11H17ClN2O2S. The molecule has 0 unspecified atom stereocenters. The minimum Gasteiger partial charge on any atom is -0.326 e. The maximum Gasteiger partial charge on any atom is 0.240 e. The molecular weight excluding hydrogens is 260 g/mol. The van der Waals surface area contributed by atoms with Crippen molar-refractivity contribution >= 4 is 21.6 Å². The summed E-state index contributed by atoms with van der Waals surface area (Å²) < 4.78 is 26.2. The number of halogens is 1. The Bertz CT molecular complexity index is 474. The molecule has 0 fully saturated rings. The van der Waals surface area contributed by atoms with Gasteiger partial charge in [0.05, 0.1) is 4.90 Å². The molecule has 0 atom stereocenters. The first-order valence-corrected chi connectivity index (χ1v) is 7.35. The zero-order valence-corrected chi connectivity index (χ0v) is 11.3. The molecule has 0 saturated carbocycles. The number of sulfonamides is 1. The van der Waals surface area contributed by atoms with Crippen molar-refractivity contribution in [1.82, 2.24) is 4.72 Å². The molecule has 0 aliphatic carbocycles. The van der Waals surface area contributed by atoms with Crippen LogP contribution in [0.4, 0.5) is 0 Å². The van der Waals surface area contributed by atoms with Crippen LogP contribution in [0.5, 0.6) is 0 Å². The second-order valence-corrected chi connectivity index (χ2v) is 5.88. The molecule has 1 rings (SSSR count). The van der Waals surface area contributed by atoms with Crippen LogP contribution in [0.2, 0.25) is 5.02 Å². The summed E-state index contributed by atoms with van der Waals surface area (Å²) in [5.74, 6) is 0. The molecule has 0 heterocycles. The van der Waals surface area contributed by atoms with E-state index in [0.29, 0.717) is 18.1 Å². The van der Waals surface area contributed by atoms with E-state index in [4.69, 9.17) is 17.3 Å². The summed E-state index contributed by atoms with van der Waals surface area (Å²) in [6.07, 6.45) is 1.75. The first-order chi connectivity index (χ1) is 8.01. The summed E-state index contributed by atoms with van der Waals surface area (Å²) in [5, 5.41) is 0.380. The molecule has 0 amide bonds. The predicted molar refractivity (Wildman–Crippen MR) is 69.4 cm³/mol. The van der Waals surface area contributed by atoms with E-state index in [2.05, 4.69) is 4.72 Å². The van der Waals surface area contributed by atoms with Crippen molar-refractivity contribution in [2.75, 3.05) is 6.54 Å². The molecule has 17 heavy (non-hydrogen) atoms. The van der Waals surface area contributed by atoms with Crippen molar-refractivity contribution in [2.24, 2.45) is 5.73 Å². The Morgan fingerprint density at radius 3 is 2.65 bits per heavy atom. The smallest absolute Gasteiger partial charge is 0.240 e. The van der Waals surface area contributed by atoms with Gasteiger partial charge in [0.25, 0.3) is 0 Å². The molecule has 6 heteroatoms. The highest BCUT2D eigenvalue weighted by atomic mass is 35.5. The molecule has 0 saturated heterocycles. The Labute approximate surface area is 107 Å². The highest BCUT2D eigenvalue weighted by Crippen LogP contribution is 2.20. The number of nitrogens with two attached hydrogens (primary N) is 1. The van der Waals surface area contributed by atoms with E-state index in [-0.39, 0.29) is 4.90 Å². The van der Waals surface area contributed by atoms with E-state index in [1.807, 2.05) is 6.92 Å². The number of rotatable bonds is 6. The minimum atomic E-state index is -3.46. The second kappa shape index (κ2) is 6.35. The van der Waals surface area contributed by atoms with Crippen LogP contribution in [0.15, 0.2) is 23.1 Å². The van der Waals surface area contributed by atoms with Gasteiger partial charge in [0, 0.05) is 18.1 Å². The van der Waals surface area contributed by atoms with Crippen molar-refractivity contribution in [3.63, 3.8) is 0 Å². The van der Waals surface area contributed by atoms with Crippen LogP contribution in [0.25, 0.3) is 0 Å². The number of unbranched alkanes of at least 4 members (excludes halogenated alkanes) is 1. The molecule has 0 aromatic heterocycles. The van der Waals surface area contributed by atoms with Gasteiger partial charge in [-0.1, -0.05) is 31.0 Å². The first-order valence-electron chi connectivity index (χ1n) is 5.49. The summed E-state index contributed by atoms with van der Waals surface area (Å²) in [5.41, 5.74) is 6.19. The third-order valence-corrected chi connectivity index (χ3v) is 4.19. The van der Waals surface area contributed by atoms with Crippen LogP contribution in [0.1, 0.15) is 25.3 Å². The normalized spacial score (nSPS) is 11.7. The van der Waals surface area contributed by atoms with Gasteiger partial charge in [-0.25, -0.2) is 13.1 Å². The number of nitrogens with one attached hydrogen (secondary N) is 1. The summed E-state index contributed by atoms with van der Waals surface area (Å²) in [4.78, 5) is 0.177. The van der Waals surface area contributed by atoms with Crippen LogP contribution in [0, 0.1) is 0 Å². The van der Waals surface area contributed by atoms with E-state index in [9.17, 15) is 8.42 Å². The van der Waals surface area contributed by atoms with Gasteiger partial charge in [-0.2, -0.15) is 0 Å². The third-order valence-electron chi connectivity index (χ3n) is 2.38. The summed E-state index contributed by atoms with van der Waals surface area (Å²) in [6.45, 7) is 2.73. The van der Waals surface area contributed by atoms with Gasteiger partial charge in [0.2, 0.25) is 10.0 Å². The second-order valence-electron chi connectivity index (χ2n) is 3.71. The fourth-order valence-corrected chi connectivity index (χ4v) is 2.75. The van der Waals surface area contributed by atoms with Crippen molar-refractivity contribution in [1.29, 1.82) is 0 Å². The highest BCUT2D eigenvalue weighted by molar-refractivity contribution is 7.89. The van der Waals surface area contributed by atoms with E-state index in [0.717, 1.165) is 18.4 Å². The molecule has 0 aliphatic heterocycles. The zero-order valence-electron chi connectivity index (χ0n) is 9.74. The number of benzene rings is 1. The van der Waals surface area contributed by atoms with Gasteiger partial charge >= 0.3 is 0 Å². The topological polar surface area (TPSA) is 72.2 Å². The lowest BCUT2D eigenvalue weighted by Crippen LogP contribution is -2.24. The summed E-state index contributed by atoms with van der Waals surface area (Å²) >= 11 is 5.92. The van der Waals surface area contributed by atoms with Crippen LogP contribution >= 0.6 is 11.6 Å². The third kappa shape index (κ3) is 3.96. The summed E-state index contributed by atoms with van der Waals surface area (Å²) in [7, 11) is -3.46. The van der Waals surface area contributed by atoms with Crippen LogP contribution in [-0.4, -0.2) is 15.0 Å². The quantitative estimate of drug-likeness (QED) is 0.779. The van der Waals surface area contributed by atoms with E-state index in [1.54, 1.807) is 6.07 Å². The average Bonchev–Trinajstić information content (AvgIpc) is 2.29. The lowest BCUT2D eigenvalue weighted by molar-refractivity contribution is 0.578. The molecule has 1 aromatic rings. The monoisotopic (exact) mass is 276 g/mol. The van der Waals surface area contributed by atoms with Gasteiger partial charge in [0.15, 0.2) is 0 Å². The molecule has 96 valence electrons. The van der Waals surface area contributed by atoms with Crippen LogP contribution < -0.4 is 10.5 Å². The fourth-order valence-electron chi connectivity index (χ4n) is 1.33. The predicted octanol–water partition coefficient (Wildman–Crippen LogP) is 1.88. The molecule has 0 bridgehead atoms.